The van der Waals surface area contributed by atoms with Gasteiger partial charge in [-0.15, -0.1) is 0 Å². The lowest BCUT2D eigenvalue weighted by Gasteiger charge is -2.06. The van der Waals surface area contributed by atoms with Crippen molar-refractivity contribution >= 4 is 38.5 Å². The molecule has 140 valence electrons. The number of carbonyl (C=O) groups excluding carboxylic acids is 2. The summed E-state index contributed by atoms with van der Waals surface area (Å²) < 4.78 is 6.48. The summed E-state index contributed by atoms with van der Waals surface area (Å²) in [5, 5.41) is 3.29. The molecule has 0 spiro atoms. The Balaban J connectivity index is 1.60. The fraction of sp³-hybridized carbons (Fsp3) is 0.250. The van der Waals surface area contributed by atoms with Crippen LogP contribution in [-0.4, -0.2) is 23.4 Å². The SMILES string of the molecule is CCCCc1ccc2nc(NC(=O)COc3cccc(C(N)=O)c3)sc2c1. The number of aryl methyl sites for hydroxylation is 1. The Hall–Kier alpha value is -2.93. The number of carbonyl (C=O) groups is 2. The summed E-state index contributed by atoms with van der Waals surface area (Å²) in [7, 11) is 0. The van der Waals surface area contributed by atoms with Gasteiger partial charge in [-0.25, -0.2) is 4.98 Å². The lowest BCUT2D eigenvalue weighted by Crippen LogP contribution is -2.20. The van der Waals surface area contributed by atoms with Gasteiger partial charge in [0.1, 0.15) is 5.75 Å². The molecule has 0 aliphatic heterocycles. The number of rotatable bonds is 8. The van der Waals surface area contributed by atoms with Crippen LogP contribution in [0, 0.1) is 0 Å². The third kappa shape index (κ3) is 5.04. The molecule has 2 amide bonds. The Bertz CT molecular complexity index is 968. The average Bonchev–Trinajstić information content (AvgIpc) is 3.06. The number of nitrogens with two attached hydrogens (primary N) is 1. The topological polar surface area (TPSA) is 94.3 Å². The molecule has 3 rings (SSSR count). The van der Waals surface area contributed by atoms with E-state index in [9.17, 15) is 9.59 Å². The number of unbranched alkanes of at least 4 members (excludes halogenated alkanes) is 1. The zero-order chi connectivity index (χ0) is 19.2. The molecule has 27 heavy (non-hydrogen) atoms. The smallest absolute Gasteiger partial charge is 0.264 e. The van der Waals surface area contributed by atoms with Gasteiger partial charge in [0.05, 0.1) is 10.2 Å². The molecule has 1 heterocycles. The molecule has 0 bridgehead atoms. The van der Waals surface area contributed by atoms with E-state index in [0.717, 1.165) is 29.5 Å². The molecular formula is C20H21N3O3S. The van der Waals surface area contributed by atoms with E-state index in [0.29, 0.717) is 16.4 Å². The number of fused-ring (bicyclic) bond motifs is 1. The Kier molecular flexibility index (Phi) is 6.03. The van der Waals surface area contributed by atoms with Crippen LogP contribution >= 0.6 is 11.3 Å². The summed E-state index contributed by atoms with van der Waals surface area (Å²) in [6.45, 7) is 1.99. The second kappa shape index (κ2) is 8.64. The van der Waals surface area contributed by atoms with E-state index in [1.54, 1.807) is 18.2 Å². The van der Waals surface area contributed by atoms with Crippen molar-refractivity contribution < 1.29 is 14.3 Å². The minimum atomic E-state index is -0.544. The Morgan fingerprint density at radius 2 is 2.07 bits per heavy atom. The second-order valence-electron chi connectivity index (χ2n) is 6.15. The van der Waals surface area contributed by atoms with Gasteiger partial charge in [-0.05, 0) is 48.7 Å². The van der Waals surface area contributed by atoms with Crippen molar-refractivity contribution in [1.29, 1.82) is 0 Å². The van der Waals surface area contributed by atoms with E-state index >= 15 is 0 Å². The first kappa shape index (κ1) is 18.8. The molecule has 6 nitrogen and oxygen atoms in total. The van der Waals surface area contributed by atoms with Crippen molar-refractivity contribution in [2.45, 2.75) is 26.2 Å². The number of ether oxygens (including phenoxy) is 1. The minimum absolute atomic E-state index is 0.181. The van der Waals surface area contributed by atoms with E-state index in [-0.39, 0.29) is 12.5 Å². The maximum absolute atomic E-state index is 12.1. The lowest BCUT2D eigenvalue weighted by molar-refractivity contribution is -0.118. The van der Waals surface area contributed by atoms with Crippen LogP contribution in [0.5, 0.6) is 5.75 Å². The van der Waals surface area contributed by atoms with Crippen molar-refractivity contribution in [3.05, 3.63) is 53.6 Å². The monoisotopic (exact) mass is 383 g/mol. The number of hydrogen-bond acceptors (Lipinski definition) is 5. The molecule has 0 radical (unpaired) electrons. The number of benzene rings is 2. The first-order chi connectivity index (χ1) is 13.0. The minimum Gasteiger partial charge on any atom is -0.484 e. The Morgan fingerprint density at radius 1 is 1.22 bits per heavy atom. The first-order valence-electron chi connectivity index (χ1n) is 8.77. The number of amides is 2. The number of primary amides is 1. The number of aromatic nitrogens is 1. The largest absolute Gasteiger partial charge is 0.484 e. The van der Waals surface area contributed by atoms with Crippen LogP contribution in [0.2, 0.25) is 0 Å². The highest BCUT2D eigenvalue weighted by Gasteiger charge is 2.10. The molecule has 3 aromatic rings. The summed E-state index contributed by atoms with van der Waals surface area (Å²) in [5.41, 5.74) is 7.71. The van der Waals surface area contributed by atoms with E-state index in [4.69, 9.17) is 10.5 Å². The van der Waals surface area contributed by atoms with Crippen molar-refractivity contribution in [1.82, 2.24) is 4.98 Å². The van der Waals surface area contributed by atoms with Gasteiger partial charge in [0.25, 0.3) is 5.91 Å². The number of thiazole rings is 1. The number of hydrogen-bond donors (Lipinski definition) is 2. The summed E-state index contributed by atoms with van der Waals surface area (Å²) in [6.07, 6.45) is 3.36. The fourth-order valence-corrected chi connectivity index (χ4v) is 3.55. The van der Waals surface area contributed by atoms with Crippen molar-refractivity contribution in [3.63, 3.8) is 0 Å². The quantitative estimate of drug-likeness (QED) is 0.619. The third-order valence-corrected chi connectivity index (χ3v) is 4.94. The molecule has 1 aromatic heterocycles. The number of anilines is 1. The highest BCUT2D eigenvalue weighted by Crippen LogP contribution is 2.27. The van der Waals surface area contributed by atoms with Crippen molar-refractivity contribution in [2.24, 2.45) is 5.73 Å². The summed E-state index contributed by atoms with van der Waals surface area (Å²) in [6, 6.07) is 12.6. The van der Waals surface area contributed by atoms with Crippen LogP contribution in [0.25, 0.3) is 10.2 Å². The van der Waals surface area contributed by atoms with Gasteiger partial charge in [0.2, 0.25) is 5.91 Å². The predicted octanol–water partition coefficient (Wildman–Crippen LogP) is 3.76. The van der Waals surface area contributed by atoms with Crippen molar-refractivity contribution in [3.8, 4) is 5.75 Å². The normalized spacial score (nSPS) is 10.7. The maximum Gasteiger partial charge on any atom is 0.264 e. The van der Waals surface area contributed by atoms with E-state index in [1.807, 2.05) is 6.07 Å². The van der Waals surface area contributed by atoms with Gasteiger partial charge in [0, 0.05) is 5.56 Å². The van der Waals surface area contributed by atoms with Crippen LogP contribution in [-0.2, 0) is 11.2 Å². The predicted molar refractivity (Wildman–Crippen MR) is 107 cm³/mol. The zero-order valence-electron chi connectivity index (χ0n) is 15.0. The molecule has 0 aliphatic carbocycles. The third-order valence-electron chi connectivity index (χ3n) is 4.01. The second-order valence-corrected chi connectivity index (χ2v) is 7.18. The van der Waals surface area contributed by atoms with Gasteiger partial charge < -0.3 is 10.5 Å². The van der Waals surface area contributed by atoms with Crippen LogP contribution in [0.3, 0.4) is 0 Å². The van der Waals surface area contributed by atoms with Crippen LogP contribution < -0.4 is 15.8 Å². The lowest BCUT2D eigenvalue weighted by atomic mass is 10.1. The molecule has 2 aromatic carbocycles. The van der Waals surface area contributed by atoms with Gasteiger partial charge in [-0.3, -0.25) is 14.9 Å². The Morgan fingerprint density at radius 3 is 2.85 bits per heavy atom. The van der Waals surface area contributed by atoms with Gasteiger partial charge in [-0.2, -0.15) is 0 Å². The van der Waals surface area contributed by atoms with E-state index in [2.05, 4.69) is 29.4 Å². The molecule has 0 unspecified atom stereocenters. The molecule has 0 atom stereocenters. The van der Waals surface area contributed by atoms with Gasteiger partial charge in [-0.1, -0.05) is 36.8 Å². The summed E-state index contributed by atoms with van der Waals surface area (Å²) in [4.78, 5) is 27.7. The fourth-order valence-electron chi connectivity index (χ4n) is 2.60. The highest BCUT2D eigenvalue weighted by molar-refractivity contribution is 7.22. The average molecular weight is 383 g/mol. The number of nitrogens with one attached hydrogen (secondary N) is 1. The summed E-state index contributed by atoms with van der Waals surface area (Å²) >= 11 is 1.44. The van der Waals surface area contributed by atoms with E-state index in [1.165, 1.54) is 23.0 Å². The van der Waals surface area contributed by atoms with Crippen LogP contribution in [0.1, 0.15) is 35.7 Å². The zero-order valence-corrected chi connectivity index (χ0v) is 15.8. The standard InChI is InChI=1S/C20H21N3O3S/c1-2-3-5-13-8-9-16-17(10-13)27-20(22-16)23-18(24)12-26-15-7-4-6-14(11-15)19(21)25/h4,6-11H,2-3,5,12H2,1H3,(H2,21,25)(H,22,23,24). The first-order valence-corrected chi connectivity index (χ1v) is 9.59. The van der Waals surface area contributed by atoms with Gasteiger partial charge in [0.15, 0.2) is 11.7 Å². The van der Waals surface area contributed by atoms with E-state index < -0.39 is 5.91 Å². The maximum atomic E-state index is 12.1. The van der Waals surface area contributed by atoms with Crippen molar-refractivity contribution in [2.75, 3.05) is 11.9 Å². The summed E-state index contributed by atoms with van der Waals surface area (Å²) in [5.74, 6) is -0.450. The van der Waals surface area contributed by atoms with Gasteiger partial charge >= 0.3 is 0 Å². The Labute approximate surface area is 161 Å². The molecule has 3 N–H and O–H groups in total. The molecule has 0 fully saturated rings. The van der Waals surface area contributed by atoms with Crippen LogP contribution in [0.15, 0.2) is 42.5 Å². The number of nitrogens with zero attached hydrogens (tertiary/aromatic N) is 1. The van der Waals surface area contributed by atoms with Crippen LogP contribution in [0.4, 0.5) is 5.13 Å². The molecular weight excluding hydrogens is 362 g/mol. The molecule has 7 heteroatoms. The highest BCUT2D eigenvalue weighted by atomic mass is 32.1. The molecule has 0 saturated heterocycles. The molecule has 0 aliphatic rings. The molecule has 0 saturated carbocycles.